The van der Waals surface area contributed by atoms with Crippen LogP contribution in [-0.2, 0) is 4.74 Å². The molecule has 1 aliphatic carbocycles. The van der Waals surface area contributed by atoms with Gasteiger partial charge in [-0.15, -0.1) is 0 Å². The fourth-order valence-corrected chi connectivity index (χ4v) is 3.67. The molecular weight excluding hydrogens is 224 g/mol. The number of hydrogen-bond acceptors (Lipinski definition) is 3. The smallest absolute Gasteiger partial charge is 0.0622 e. The van der Waals surface area contributed by atoms with E-state index < -0.39 is 0 Å². The summed E-state index contributed by atoms with van der Waals surface area (Å²) in [6, 6.07) is 2.05. The van der Waals surface area contributed by atoms with Crippen molar-refractivity contribution in [3.05, 3.63) is 0 Å². The van der Waals surface area contributed by atoms with E-state index in [0.717, 1.165) is 38.3 Å². The van der Waals surface area contributed by atoms with E-state index >= 15 is 0 Å². The van der Waals surface area contributed by atoms with Gasteiger partial charge in [0.1, 0.15) is 0 Å². The predicted molar refractivity (Wildman–Crippen MR) is 75.9 cm³/mol. The quantitative estimate of drug-likeness (QED) is 0.833. The number of nitrogens with zero attached hydrogens (tertiary/aromatic N) is 1. The second kappa shape index (κ2) is 6.88. The van der Waals surface area contributed by atoms with Crippen LogP contribution in [0.25, 0.3) is 0 Å². The van der Waals surface area contributed by atoms with E-state index in [1.165, 1.54) is 25.7 Å². The molecule has 3 nitrogen and oxygen atoms in total. The lowest BCUT2D eigenvalue weighted by Gasteiger charge is -2.47. The summed E-state index contributed by atoms with van der Waals surface area (Å²) in [5, 5.41) is 3.71. The fourth-order valence-electron chi connectivity index (χ4n) is 3.67. The third-order valence-electron chi connectivity index (χ3n) is 4.72. The van der Waals surface area contributed by atoms with Crippen LogP contribution in [0.5, 0.6) is 0 Å². The average Bonchev–Trinajstić information content (AvgIpc) is 2.41. The van der Waals surface area contributed by atoms with Gasteiger partial charge in [0.25, 0.3) is 0 Å². The number of hydrogen-bond donors (Lipinski definition) is 1. The van der Waals surface area contributed by atoms with Crippen molar-refractivity contribution in [1.82, 2.24) is 10.2 Å². The first kappa shape index (κ1) is 14.3. The second-order valence-electron chi connectivity index (χ2n) is 6.02. The van der Waals surface area contributed by atoms with Crippen LogP contribution in [0.4, 0.5) is 0 Å². The molecule has 0 aromatic carbocycles. The van der Waals surface area contributed by atoms with E-state index in [1.54, 1.807) is 0 Å². The Morgan fingerprint density at radius 1 is 1.28 bits per heavy atom. The van der Waals surface area contributed by atoms with Crippen LogP contribution in [0.1, 0.15) is 46.5 Å². The summed E-state index contributed by atoms with van der Waals surface area (Å²) in [5.41, 5.74) is 0. The molecule has 0 aromatic rings. The fraction of sp³-hybridized carbons (Fsp3) is 1.00. The third-order valence-corrected chi connectivity index (χ3v) is 4.72. The molecule has 2 rings (SSSR count). The second-order valence-corrected chi connectivity index (χ2v) is 6.02. The van der Waals surface area contributed by atoms with Gasteiger partial charge in [0.15, 0.2) is 0 Å². The summed E-state index contributed by atoms with van der Waals surface area (Å²) in [5.74, 6) is 0.880. The zero-order valence-corrected chi connectivity index (χ0v) is 12.3. The molecular formula is C15H30N2O. The monoisotopic (exact) mass is 254 g/mol. The molecule has 1 heterocycles. The van der Waals surface area contributed by atoms with Crippen molar-refractivity contribution in [2.45, 2.75) is 64.6 Å². The number of likely N-dealkylation sites (N-methyl/N-ethyl adjacent to an activating group) is 1. The number of morpholine rings is 1. The van der Waals surface area contributed by atoms with Crippen LogP contribution in [0.3, 0.4) is 0 Å². The van der Waals surface area contributed by atoms with Crippen molar-refractivity contribution in [1.29, 1.82) is 0 Å². The van der Waals surface area contributed by atoms with Gasteiger partial charge >= 0.3 is 0 Å². The Kier molecular flexibility index (Phi) is 5.46. The van der Waals surface area contributed by atoms with Gasteiger partial charge in [0, 0.05) is 24.7 Å². The molecule has 4 atom stereocenters. The molecule has 106 valence electrons. The maximum atomic E-state index is 5.65. The minimum Gasteiger partial charge on any atom is -0.378 e. The number of nitrogens with one attached hydrogen (secondary N) is 1. The Morgan fingerprint density at radius 2 is 2.11 bits per heavy atom. The SMILES string of the molecule is CCNC1CCC(C)CC1N1CCOCC1CC. The van der Waals surface area contributed by atoms with Gasteiger partial charge < -0.3 is 10.1 Å². The van der Waals surface area contributed by atoms with Crippen molar-refractivity contribution < 1.29 is 4.74 Å². The zero-order chi connectivity index (χ0) is 13.0. The van der Waals surface area contributed by atoms with Crippen LogP contribution >= 0.6 is 0 Å². The molecule has 2 fully saturated rings. The maximum absolute atomic E-state index is 5.65. The highest BCUT2D eigenvalue weighted by atomic mass is 16.5. The van der Waals surface area contributed by atoms with Crippen molar-refractivity contribution in [2.24, 2.45) is 5.92 Å². The first-order valence-corrected chi connectivity index (χ1v) is 7.83. The van der Waals surface area contributed by atoms with Gasteiger partial charge in [-0.3, -0.25) is 4.90 Å². The lowest BCUT2D eigenvalue weighted by molar-refractivity contribution is -0.0485. The highest BCUT2D eigenvalue weighted by Gasteiger charge is 2.36. The van der Waals surface area contributed by atoms with E-state index in [1.807, 2.05) is 0 Å². The van der Waals surface area contributed by atoms with Gasteiger partial charge in [-0.2, -0.15) is 0 Å². The standard InChI is InChI=1S/C15H30N2O/c1-4-13-11-18-9-8-17(13)15-10-12(3)6-7-14(15)16-5-2/h12-16H,4-11H2,1-3H3. The van der Waals surface area contributed by atoms with Crippen molar-refractivity contribution in [3.8, 4) is 0 Å². The number of rotatable bonds is 4. The summed E-state index contributed by atoms with van der Waals surface area (Å²) < 4.78 is 5.65. The molecule has 18 heavy (non-hydrogen) atoms. The van der Waals surface area contributed by atoms with E-state index in [2.05, 4.69) is 31.0 Å². The highest BCUT2D eigenvalue weighted by molar-refractivity contribution is 4.93. The summed E-state index contributed by atoms with van der Waals surface area (Å²) >= 11 is 0. The normalized spacial score (nSPS) is 38.8. The first-order valence-electron chi connectivity index (χ1n) is 7.83. The summed E-state index contributed by atoms with van der Waals surface area (Å²) in [6.07, 6.45) is 5.29. The van der Waals surface area contributed by atoms with Gasteiger partial charge in [-0.1, -0.05) is 20.8 Å². The molecule has 4 unspecified atom stereocenters. The predicted octanol–water partition coefficient (Wildman–Crippen LogP) is 2.26. The molecule has 0 radical (unpaired) electrons. The summed E-state index contributed by atoms with van der Waals surface area (Å²) in [4.78, 5) is 2.74. The molecule has 0 spiro atoms. The highest BCUT2D eigenvalue weighted by Crippen LogP contribution is 2.30. The van der Waals surface area contributed by atoms with Gasteiger partial charge in [0.2, 0.25) is 0 Å². The molecule has 1 saturated carbocycles. The topological polar surface area (TPSA) is 24.5 Å². The molecule has 1 aliphatic heterocycles. The minimum atomic E-state index is 0.634. The maximum Gasteiger partial charge on any atom is 0.0622 e. The van der Waals surface area contributed by atoms with Crippen LogP contribution in [0, 0.1) is 5.92 Å². The lowest BCUT2D eigenvalue weighted by atomic mass is 9.81. The Balaban J connectivity index is 2.04. The summed E-state index contributed by atoms with van der Waals surface area (Å²) in [7, 11) is 0. The lowest BCUT2D eigenvalue weighted by Crippen LogP contribution is -2.59. The Bertz CT molecular complexity index is 247. The molecule has 3 heteroatoms. The average molecular weight is 254 g/mol. The van der Waals surface area contributed by atoms with E-state index in [4.69, 9.17) is 4.74 Å². The Labute approximate surface area is 112 Å². The van der Waals surface area contributed by atoms with Crippen LogP contribution in [0.15, 0.2) is 0 Å². The molecule has 1 N–H and O–H groups in total. The zero-order valence-electron chi connectivity index (χ0n) is 12.3. The van der Waals surface area contributed by atoms with Gasteiger partial charge in [-0.05, 0) is 38.1 Å². The van der Waals surface area contributed by atoms with Crippen molar-refractivity contribution >= 4 is 0 Å². The Hall–Kier alpha value is -0.120. The number of ether oxygens (including phenoxy) is 1. The van der Waals surface area contributed by atoms with Crippen molar-refractivity contribution in [2.75, 3.05) is 26.3 Å². The Morgan fingerprint density at radius 3 is 2.83 bits per heavy atom. The van der Waals surface area contributed by atoms with Crippen LogP contribution < -0.4 is 5.32 Å². The van der Waals surface area contributed by atoms with Crippen molar-refractivity contribution in [3.63, 3.8) is 0 Å². The first-order chi connectivity index (χ1) is 8.76. The van der Waals surface area contributed by atoms with Crippen LogP contribution in [0.2, 0.25) is 0 Å². The summed E-state index contributed by atoms with van der Waals surface area (Å²) in [6.45, 7) is 11.0. The van der Waals surface area contributed by atoms with Gasteiger partial charge in [-0.25, -0.2) is 0 Å². The third kappa shape index (κ3) is 3.25. The van der Waals surface area contributed by atoms with E-state index in [0.29, 0.717) is 12.1 Å². The molecule has 2 aliphatic rings. The molecule has 0 amide bonds. The molecule has 1 saturated heterocycles. The largest absolute Gasteiger partial charge is 0.378 e. The molecule has 0 aromatic heterocycles. The minimum absolute atomic E-state index is 0.634. The van der Waals surface area contributed by atoms with Gasteiger partial charge in [0.05, 0.1) is 13.2 Å². The van der Waals surface area contributed by atoms with E-state index in [9.17, 15) is 0 Å². The molecule has 0 bridgehead atoms. The van der Waals surface area contributed by atoms with Crippen LogP contribution in [-0.4, -0.2) is 49.3 Å². The van der Waals surface area contributed by atoms with E-state index in [-0.39, 0.29) is 0 Å².